The molecule has 3 rings (SSSR count). The molecular formula is C22H22N2O8. The van der Waals surface area contributed by atoms with Crippen LogP contribution in [0.4, 0.5) is 5.69 Å². The third-order valence-corrected chi connectivity index (χ3v) is 5.13. The summed E-state index contributed by atoms with van der Waals surface area (Å²) < 4.78 is 15.7. The van der Waals surface area contributed by atoms with Gasteiger partial charge in [-0.15, -0.1) is 0 Å². The van der Waals surface area contributed by atoms with Gasteiger partial charge in [0, 0.05) is 31.4 Å². The van der Waals surface area contributed by atoms with Crippen molar-refractivity contribution in [3.63, 3.8) is 0 Å². The van der Waals surface area contributed by atoms with Gasteiger partial charge in [0.05, 0.1) is 37.4 Å². The van der Waals surface area contributed by atoms with Crippen LogP contribution >= 0.6 is 0 Å². The molecule has 1 atom stereocenters. The average molecular weight is 442 g/mol. The number of benzene rings is 2. The molecule has 0 aromatic heterocycles. The van der Waals surface area contributed by atoms with Crippen LogP contribution in [0.15, 0.2) is 48.0 Å². The molecule has 1 saturated heterocycles. The van der Waals surface area contributed by atoms with Gasteiger partial charge in [0.1, 0.15) is 5.76 Å². The number of hydrogen-bond acceptors (Lipinski definition) is 8. The first-order valence-electron chi connectivity index (χ1n) is 9.58. The fraction of sp³-hybridized carbons (Fsp3) is 0.273. The molecule has 0 radical (unpaired) electrons. The van der Waals surface area contributed by atoms with Crippen molar-refractivity contribution in [3.8, 4) is 11.5 Å². The minimum Gasteiger partial charge on any atom is -0.507 e. The second-order valence-corrected chi connectivity index (χ2v) is 6.91. The number of nitro groups is 1. The summed E-state index contributed by atoms with van der Waals surface area (Å²) in [5, 5.41) is 22.1. The van der Waals surface area contributed by atoms with Gasteiger partial charge in [0.25, 0.3) is 17.4 Å². The number of likely N-dealkylation sites (tertiary alicyclic amines) is 1. The highest BCUT2D eigenvalue weighted by molar-refractivity contribution is 6.46. The maximum absolute atomic E-state index is 12.9. The molecule has 2 aromatic carbocycles. The van der Waals surface area contributed by atoms with E-state index in [9.17, 15) is 24.8 Å². The van der Waals surface area contributed by atoms with E-state index in [-0.39, 0.29) is 30.0 Å². The zero-order valence-electron chi connectivity index (χ0n) is 17.7. The Kier molecular flexibility index (Phi) is 6.74. The normalized spacial score (nSPS) is 17.5. The van der Waals surface area contributed by atoms with Crippen molar-refractivity contribution in [1.82, 2.24) is 4.90 Å². The van der Waals surface area contributed by atoms with Gasteiger partial charge in [-0.05, 0) is 17.7 Å². The number of ketones is 1. The number of carbonyl (C=O) groups is 2. The van der Waals surface area contributed by atoms with Gasteiger partial charge in [-0.25, -0.2) is 0 Å². The summed E-state index contributed by atoms with van der Waals surface area (Å²) in [5.74, 6) is -1.40. The van der Waals surface area contributed by atoms with Crippen LogP contribution in [0.2, 0.25) is 0 Å². The number of Topliss-reactive ketones (excluding diaryl/α,β-unsaturated/α-hetero) is 1. The topological polar surface area (TPSA) is 128 Å². The summed E-state index contributed by atoms with van der Waals surface area (Å²) >= 11 is 0. The number of methoxy groups -OCH3 is 3. The number of carbonyl (C=O) groups excluding carboxylic acids is 2. The highest BCUT2D eigenvalue weighted by Gasteiger charge is 2.46. The van der Waals surface area contributed by atoms with Crippen LogP contribution in [0.25, 0.3) is 5.76 Å². The lowest BCUT2D eigenvalue weighted by atomic mass is 9.95. The fourth-order valence-corrected chi connectivity index (χ4v) is 3.59. The highest BCUT2D eigenvalue weighted by atomic mass is 16.6. The van der Waals surface area contributed by atoms with Crippen molar-refractivity contribution in [3.05, 3.63) is 69.3 Å². The molecular weight excluding hydrogens is 420 g/mol. The molecule has 1 heterocycles. The number of ether oxygens (including phenoxy) is 3. The Morgan fingerprint density at radius 3 is 2.44 bits per heavy atom. The van der Waals surface area contributed by atoms with E-state index in [0.717, 1.165) is 6.07 Å². The number of nitrogens with zero attached hydrogens (tertiary/aromatic N) is 2. The number of aliphatic hydroxyl groups is 1. The van der Waals surface area contributed by atoms with Crippen molar-refractivity contribution >= 4 is 23.1 Å². The Morgan fingerprint density at radius 1 is 1.09 bits per heavy atom. The smallest absolute Gasteiger partial charge is 0.295 e. The zero-order valence-corrected chi connectivity index (χ0v) is 17.7. The van der Waals surface area contributed by atoms with Crippen molar-refractivity contribution < 1.29 is 33.8 Å². The lowest BCUT2D eigenvalue weighted by molar-refractivity contribution is -0.384. The minimum absolute atomic E-state index is 0.0504. The molecule has 0 saturated carbocycles. The maximum Gasteiger partial charge on any atom is 0.295 e. The summed E-state index contributed by atoms with van der Waals surface area (Å²) in [4.78, 5) is 37.6. The summed E-state index contributed by atoms with van der Waals surface area (Å²) in [6.07, 6.45) is 0. The van der Waals surface area contributed by atoms with Crippen LogP contribution in [-0.4, -0.2) is 61.1 Å². The molecule has 10 nitrogen and oxygen atoms in total. The Bertz CT molecular complexity index is 1100. The molecule has 1 amide bonds. The monoisotopic (exact) mass is 442 g/mol. The first-order valence-corrected chi connectivity index (χ1v) is 9.58. The Morgan fingerprint density at radius 2 is 1.81 bits per heavy atom. The third kappa shape index (κ3) is 4.12. The van der Waals surface area contributed by atoms with E-state index in [0.29, 0.717) is 17.1 Å². The van der Waals surface area contributed by atoms with Gasteiger partial charge in [-0.1, -0.05) is 18.2 Å². The lowest BCUT2D eigenvalue weighted by Crippen LogP contribution is -2.32. The van der Waals surface area contributed by atoms with Crippen LogP contribution in [0.1, 0.15) is 17.2 Å². The van der Waals surface area contributed by atoms with Crippen LogP contribution < -0.4 is 9.47 Å². The van der Waals surface area contributed by atoms with E-state index in [1.807, 2.05) is 0 Å². The van der Waals surface area contributed by atoms with Crippen LogP contribution in [-0.2, 0) is 14.3 Å². The molecule has 0 spiro atoms. The number of aliphatic hydroxyl groups excluding tert-OH is 1. The molecule has 2 aromatic rings. The Balaban J connectivity index is 2.21. The predicted molar refractivity (Wildman–Crippen MR) is 114 cm³/mol. The standard InChI is InChI=1S/C22H22N2O8/c1-30-10-9-23-19(13-7-8-16(31-2)17(12-13)32-3)18(21(26)22(23)27)20(25)14-5-4-6-15(11-14)24(28)29/h4-8,11-12,19,25H,9-10H2,1-3H3/b20-18+. The van der Waals surface area contributed by atoms with Gasteiger partial charge < -0.3 is 24.2 Å². The SMILES string of the molecule is COCCN1C(=O)C(=O)/C(=C(/O)c2cccc([N+](=O)[O-])c2)C1c1ccc(OC)c(OC)c1. The van der Waals surface area contributed by atoms with E-state index in [1.54, 1.807) is 18.2 Å². The molecule has 1 N–H and O–H groups in total. The molecule has 0 aliphatic carbocycles. The lowest BCUT2D eigenvalue weighted by Gasteiger charge is -2.25. The molecule has 1 aliphatic rings. The largest absolute Gasteiger partial charge is 0.507 e. The molecule has 0 bridgehead atoms. The van der Waals surface area contributed by atoms with Crippen LogP contribution in [0.5, 0.6) is 11.5 Å². The number of hydrogen-bond donors (Lipinski definition) is 1. The van der Waals surface area contributed by atoms with Gasteiger partial charge in [-0.2, -0.15) is 0 Å². The van der Waals surface area contributed by atoms with Crippen LogP contribution in [0, 0.1) is 10.1 Å². The van der Waals surface area contributed by atoms with Gasteiger partial charge in [0.15, 0.2) is 11.5 Å². The van der Waals surface area contributed by atoms with E-state index < -0.39 is 28.4 Å². The van der Waals surface area contributed by atoms with Crippen molar-refractivity contribution in [2.45, 2.75) is 6.04 Å². The number of non-ortho nitro benzene ring substituents is 1. The third-order valence-electron chi connectivity index (χ3n) is 5.13. The Labute approximate surface area is 183 Å². The minimum atomic E-state index is -0.954. The van der Waals surface area contributed by atoms with E-state index in [4.69, 9.17) is 14.2 Å². The second kappa shape index (κ2) is 9.48. The maximum atomic E-state index is 12.9. The summed E-state index contributed by atoms with van der Waals surface area (Å²) in [6.45, 7) is 0.249. The van der Waals surface area contributed by atoms with Gasteiger partial charge >= 0.3 is 0 Å². The molecule has 1 aliphatic heterocycles. The number of amides is 1. The number of nitro benzene ring substituents is 1. The number of rotatable bonds is 8. The Hall–Kier alpha value is -3.92. The zero-order chi connectivity index (χ0) is 23.4. The second-order valence-electron chi connectivity index (χ2n) is 6.91. The first kappa shape index (κ1) is 22.8. The van der Waals surface area contributed by atoms with Crippen molar-refractivity contribution in [2.24, 2.45) is 0 Å². The fourth-order valence-electron chi connectivity index (χ4n) is 3.59. The molecule has 1 fully saturated rings. The first-order chi connectivity index (χ1) is 15.3. The summed E-state index contributed by atoms with van der Waals surface area (Å²) in [6, 6.07) is 9.15. The van der Waals surface area contributed by atoms with Crippen LogP contribution in [0.3, 0.4) is 0 Å². The van der Waals surface area contributed by atoms with Crippen molar-refractivity contribution in [2.75, 3.05) is 34.5 Å². The molecule has 10 heteroatoms. The summed E-state index contributed by atoms with van der Waals surface area (Å²) in [7, 11) is 4.39. The summed E-state index contributed by atoms with van der Waals surface area (Å²) in [5.41, 5.74) is 0.100. The van der Waals surface area contributed by atoms with Crippen molar-refractivity contribution in [1.29, 1.82) is 0 Å². The molecule has 1 unspecified atom stereocenters. The molecule has 168 valence electrons. The van der Waals surface area contributed by atoms with E-state index in [1.165, 1.54) is 44.4 Å². The van der Waals surface area contributed by atoms with Gasteiger partial charge in [-0.3, -0.25) is 19.7 Å². The van der Waals surface area contributed by atoms with Gasteiger partial charge in [0.2, 0.25) is 0 Å². The van der Waals surface area contributed by atoms with E-state index in [2.05, 4.69) is 0 Å². The predicted octanol–water partition coefficient (Wildman–Crippen LogP) is 2.68. The van der Waals surface area contributed by atoms with E-state index >= 15 is 0 Å². The molecule has 32 heavy (non-hydrogen) atoms. The average Bonchev–Trinajstić information content (AvgIpc) is 3.06. The highest BCUT2D eigenvalue weighted by Crippen LogP contribution is 2.42. The quantitative estimate of drug-likeness (QED) is 0.217.